The molecule has 0 aromatic heterocycles. The molecule has 0 fully saturated rings. The van der Waals surface area contributed by atoms with Crippen LogP contribution in [0.2, 0.25) is 0 Å². The van der Waals surface area contributed by atoms with E-state index in [1.807, 2.05) is 31.2 Å². The van der Waals surface area contributed by atoms with Gasteiger partial charge < -0.3 is 11.1 Å². The van der Waals surface area contributed by atoms with Crippen LogP contribution in [0, 0.1) is 12.3 Å². The summed E-state index contributed by atoms with van der Waals surface area (Å²) in [5.74, 6) is -0.0239. The van der Waals surface area contributed by atoms with Crippen LogP contribution in [0.5, 0.6) is 0 Å². The first-order chi connectivity index (χ1) is 9.97. The van der Waals surface area contributed by atoms with Crippen LogP contribution in [0.4, 0.5) is 16.2 Å². The minimum Gasteiger partial charge on any atom is -0.384 e. The molecule has 0 atom stereocenters. The van der Waals surface area contributed by atoms with Crippen molar-refractivity contribution in [2.45, 2.75) is 6.92 Å². The molecule has 0 heterocycles. The topological polar surface area (TPSA) is 82.2 Å². The Labute approximate surface area is 123 Å². The van der Waals surface area contributed by atoms with Crippen LogP contribution < -0.4 is 16.0 Å². The quantitative estimate of drug-likeness (QED) is 0.597. The third kappa shape index (κ3) is 3.60. The standard InChI is InChI=1S/C16H18N4O/c1-11-6-8-13(9-7-11)19-16(21)20(2)14-5-3-4-12(10-14)15(17)18/h3-10H,1-2H3,(H3,17,18)(H,19,21). The van der Waals surface area contributed by atoms with E-state index < -0.39 is 0 Å². The summed E-state index contributed by atoms with van der Waals surface area (Å²) >= 11 is 0. The first kappa shape index (κ1) is 14.6. The van der Waals surface area contributed by atoms with Gasteiger partial charge in [-0.25, -0.2) is 4.79 Å². The van der Waals surface area contributed by atoms with Gasteiger partial charge in [0.15, 0.2) is 0 Å². The summed E-state index contributed by atoms with van der Waals surface area (Å²) in [4.78, 5) is 13.7. The van der Waals surface area contributed by atoms with Gasteiger partial charge in [0.05, 0.1) is 0 Å². The molecule has 0 saturated heterocycles. The van der Waals surface area contributed by atoms with Crippen molar-refractivity contribution in [3.63, 3.8) is 0 Å². The number of hydrogen-bond acceptors (Lipinski definition) is 2. The molecule has 0 saturated carbocycles. The van der Waals surface area contributed by atoms with Crippen molar-refractivity contribution < 1.29 is 4.79 Å². The molecule has 5 nitrogen and oxygen atoms in total. The number of nitrogens with one attached hydrogen (secondary N) is 2. The molecular weight excluding hydrogens is 264 g/mol. The molecule has 0 bridgehead atoms. The van der Waals surface area contributed by atoms with Crippen molar-refractivity contribution in [1.82, 2.24) is 0 Å². The Morgan fingerprint density at radius 3 is 2.48 bits per heavy atom. The lowest BCUT2D eigenvalue weighted by Crippen LogP contribution is -2.31. The lowest BCUT2D eigenvalue weighted by molar-refractivity contribution is 0.258. The molecule has 0 aliphatic carbocycles. The van der Waals surface area contributed by atoms with Crippen molar-refractivity contribution >= 4 is 23.2 Å². The van der Waals surface area contributed by atoms with Gasteiger partial charge in [-0.15, -0.1) is 0 Å². The third-order valence-corrected chi connectivity index (χ3v) is 3.15. The Kier molecular flexibility index (Phi) is 4.23. The second-order valence-electron chi connectivity index (χ2n) is 4.82. The number of nitrogen functional groups attached to an aromatic ring is 1. The number of anilines is 2. The van der Waals surface area contributed by atoms with Gasteiger partial charge in [-0.05, 0) is 31.2 Å². The fourth-order valence-corrected chi connectivity index (χ4v) is 1.84. The lowest BCUT2D eigenvalue weighted by atomic mass is 10.2. The summed E-state index contributed by atoms with van der Waals surface area (Å²) in [5.41, 5.74) is 8.59. The highest BCUT2D eigenvalue weighted by atomic mass is 16.2. The van der Waals surface area contributed by atoms with E-state index in [4.69, 9.17) is 11.1 Å². The number of rotatable bonds is 3. The van der Waals surface area contributed by atoms with Crippen LogP contribution in [0.1, 0.15) is 11.1 Å². The first-order valence-corrected chi connectivity index (χ1v) is 6.53. The minimum atomic E-state index is -0.250. The largest absolute Gasteiger partial charge is 0.384 e. The van der Waals surface area contributed by atoms with Gasteiger partial charge in [0.2, 0.25) is 0 Å². The zero-order chi connectivity index (χ0) is 15.4. The summed E-state index contributed by atoms with van der Waals surface area (Å²) in [5, 5.41) is 10.3. The number of hydrogen-bond donors (Lipinski definition) is 3. The third-order valence-electron chi connectivity index (χ3n) is 3.15. The van der Waals surface area contributed by atoms with Crippen LogP contribution >= 0.6 is 0 Å². The number of benzene rings is 2. The van der Waals surface area contributed by atoms with Crippen LogP contribution in [0.3, 0.4) is 0 Å². The van der Waals surface area contributed by atoms with Gasteiger partial charge in [0, 0.05) is 24.0 Å². The van der Waals surface area contributed by atoms with E-state index in [-0.39, 0.29) is 11.9 Å². The Morgan fingerprint density at radius 1 is 1.19 bits per heavy atom. The van der Waals surface area contributed by atoms with Crippen molar-refractivity contribution in [2.24, 2.45) is 5.73 Å². The maximum Gasteiger partial charge on any atom is 0.326 e. The second-order valence-corrected chi connectivity index (χ2v) is 4.82. The molecule has 4 N–H and O–H groups in total. The Hall–Kier alpha value is -2.82. The van der Waals surface area contributed by atoms with Gasteiger partial charge in [0.25, 0.3) is 0 Å². The molecule has 0 unspecified atom stereocenters. The molecule has 2 rings (SSSR count). The van der Waals surface area contributed by atoms with Crippen LogP contribution in [-0.2, 0) is 0 Å². The van der Waals surface area contributed by atoms with E-state index in [1.54, 1.807) is 31.3 Å². The second kappa shape index (κ2) is 6.09. The fraction of sp³-hybridized carbons (Fsp3) is 0.125. The summed E-state index contributed by atoms with van der Waals surface area (Å²) in [7, 11) is 1.67. The number of amidine groups is 1. The molecule has 2 aromatic rings. The molecule has 0 radical (unpaired) electrons. The molecule has 0 aliphatic heterocycles. The van der Waals surface area contributed by atoms with Crippen LogP contribution in [-0.4, -0.2) is 18.9 Å². The van der Waals surface area contributed by atoms with Crippen molar-refractivity contribution in [3.8, 4) is 0 Å². The predicted octanol–water partition coefficient (Wildman–Crippen LogP) is 2.95. The zero-order valence-electron chi connectivity index (χ0n) is 12.1. The molecule has 21 heavy (non-hydrogen) atoms. The van der Waals surface area contributed by atoms with E-state index in [9.17, 15) is 4.79 Å². The minimum absolute atomic E-state index is 0.0239. The summed E-state index contributed by atoms with van der Waals surface area (Å²) in [6.07, 6.45) is 0. The number of aryl methyl sites for hydroxylation is 1. The summed E-state index contributed by atoms with van der Waals surface area (Å²) < 4.78 is 0. The maximum atomic E-state index is 12.2. The van der Waals surface area contributed by atoms with E-state index in [0.29, 0.717) is 11.3 Å². The zero-order valence-corrected chi connectivity index (χ0v) is 12.1. The highest BCUT2D eigenvalue weighted by molar-refractivity contribution is 6.02. The maximum absolute atomic E-state index is 12.2. The van der Waals surface area contributed by atoms with E-state index in [1.165, 1.54) is 4.90 Å². The smallest absolute Gasteiger partial charge is 0.326 e. The number of carbonyl (C=O) groups is 1. The van der Waals surface area contributed by atoms with Gasteiger partial charge in [-0.2, -0.15) is 0 Å². The number of nitrogens with zero attached hydrogens (tertiary/aromatic N) is 1. The lowest BCUT2D eigenvalue weighted by Gasteiger charge is -2.19. The average molecular weight is 282 g/mol. The Bertz CT molecular complexity index is 664. The number of nitrogens with two attached hydrogens (primary N) is 1. The molecule has 5 heteroatoms. The average Bonchev–Trinajstić information content (AvgIpc) is 2.49. The molecule has 0 aliphatic rings. The molecule has 2 amide bonds. The molecule has 108 valence electrons. The normalized spacial score (nSPS) is 10.0. The number of urea groups is 1. The Balaban J connectivity index is 2.13. The fourth-order valence-electron chi connectivity index (χ4n) is 1.84. The van der Waals surface area contributed by atoms with Crippen molar-refractivity contribution in [1.29, 1.82) is 5.41 Å². The van der Waals surface area contributed by atoms with Crippen molar-refractivity contribution in [2.75, 3.05) is 17.3 Å². The Morgan fingerprint density at radius 2 is 1.86 bits per heavy atom. The number of carbonyl (C=O) groups excluding carboxylic acids is 1. The van der Waals surface area contributed by atoms with Gasteiger partial charge in [-0.3, -0.25) is 10.3 Å². The highest BCUT2D eigenvalue weighted by Gasteiger charge is 2.11. The summed E-state index contributed by atoms with van der Waals surface area (Å²) in [6, 6.07) is 14.3. The predicted molar refractivity (Wildman–Crippen MR) is 86.1 cm³/mol. The van der Waals surface area contributed by atoms with E-state index in [0.717, 1.165) is 11.3 Å². The monoisotopic (exact) mass is 282 g/mol. The summed E-state index contributed by atoms with van der Waals surface area (Å²) in [6.45, 7) is 1.99. The van der Waals surface area contributed by atoms with E-state index >= 15 is 0 Å². The van der Waals surface area contributed by atoms with Crippen molar-refractivity contribution in [3.05, 3.63) is 59.7 Å². The molecule has 0 spiro atoms. The van der Waals surface area contributed by atoms with Crippen LogP contribution in [0.15, 0.2) is 48.5 Å². The van der Waals surface area contributed by atoms with Gasteiger partial charge in [-0.1, -0.05) is 29.8 Å². The van der Waals surface area contributed by atoms with E-state index in [2.05, 4.69) is 5.32 Å². The highest BCUT2D eigenvalue weighted by Crippen LogP contribution is 2.16. The van der Waals surface area contributed by atoms with Gasteiger partial charge in [0.1, 0.15) is 5.84 Å². The molecule has 2 aromatic carbocycles. The number of amides is 2. The van der Waals surface area contributed by atoms with Crippen LogP contribution in [0.25, 0.3) is 0 Å². The van der Waals surface area contributed by atoms with Gasteiger partial charge >= 0.3 is 6.03 Å². The SMILES string of the molecule is Cc1ccc(NC(=O)N(C)c2cccc(C(=N)N)c2)cc1. The first-order valence-electron chi connectivity index (χ1n) is 6.53. The molecular formula is C16H18N4O.